The highest BCUT2D eigenvalue weighted by Gasteiger charge is 2.54. The number of fused-ring (bicyclic) bond motifs is 1. The van der Waals surface area contributed by atoms with Crippen LogP contribution in [0.15, 0.2) is 76.0 Å². The number of hydrogen-bond acceptors (Lipinski definition) is 31. The van der Waals surface area contributed by atoms with Crippen LogP contribution in [0.4, 0.5) is 0 Å². The van der Waals surface area contributed by atoms with Gasteiger partial charge in [0.05, 0.1) is 32.0 Å². The molecule has 0 bridgehead atoms. The number of aliphatic hydroxyl groups is 14. The summed E-state index contributed by atoms with van der Waals surface area (Å²) >= 11 is 0. The largest absolute Gasteiger partial charge is 0.508 e. The lowest BCUT2D eigenvalue weighted by Gasteiger charge is -2.46. The Morgan fingerprint density at radius 1 is 0.529 bits per heavy atom. The van der Waals surface area contributed by atoms with Gasteiger partial charge in [0, 0.05) is 23.8 Å². The van der Waals surface area contributed by atoms with Crippen molar-refractivity contribution in [1.29, 1.82) is 0 Å². The molecule has 0 aliphatic carbocycles. The molecule has 5 aliphatic heterocycles. The number of hydrogen-bond donors (Lipinski definition) is 17. The number of benzene rings is 3. The topological polar surface area (TPSA) is 493 Å². The monoisotopic (exact) mass is 1210 g/mol. The molecule has 5 saturated heterocycles. The summed E-state index contributed by atoms with van der Waals surface area (Å²) in [5.74, 6) is -3.72. The molecule has 85 heavy (non-hydrogen) atoms. The third-order valence-corrected chi connectivity index (χ3v) is 15.0. The van der Waals surface area contributed by atoms with Crippen molar-refractivity contribution in [1.82, 2.24) is 0 Å². The Morgan fingerprint density at radius 3 is 1.62 bits per heavy atom. The van der Waals surface area contributed by atoms with Crippen LogP contribution in [0, 0.1) is 0 Å². The van der Waals surface area contributed by atoms with Crippen LogP contribution in [0.1, 0.15) is 19.4 Å². The van der Waals surface area contributed by atoms with Gasteiger partial charge in [0.2, 0.25) is 23.8 Å². The first-order valence-corrected chi connectivity index (χ1v) is 26.6. The van der Waals surface area contributed by atoms with Crippen molar-refractivity contribution in [2.45, 2.75) is 167 Å². The van der Waals surface area contributed by atoms with Gasteiger partial charge in [-0.3, -0.25) is 4.79 Å². The molecule has 0 radical (unpaired) electrons. The molecule has 3 aromatic carbocycles. The van der Waals surface area contributed by atoms with E-state index in [1.54, 1.807) is 0 Å². The molecule has 6 heterocycles. The van der Waals surface area contributed by atoms with Gasteiger partial charge in [-0.1, -0.05) is 12.1 Å². The Hall–Kier alpha value is -5.80. The standard InChI is InChI=1S/C54H66O31/c1-18-32(61)47(83-51-40(69)37(66)33(62)27(15-55)79-51)43(72)54(75-18)77-24-13-25(59)31-26(14-24)78-46(21-6-10-23(58)11-7-21)48(36(31)65)84-53-42(71)39(68)35(64)29(81-53)17-74-50-44(73)49(85-52-41(70)38(67)34(63)28(16-56)80-52)45(19(2)76-50)82-30(60)12-5-20-3-8-22(57)9-4-20/h3-14,18-19,27-29,32-35,37-45,47,49-59,61-64,66-73H,15-17H2,1-2H3/b12-5+/t18-,19-,27+,28+,29+,32-,33+,34+,35-,37-,38-,39-,40+,41+,42+,43+,44+,45-,47+,49-,50+,51-,52-,53-,54-/m0/s1. The molecule has 17 N–H and O–H groups in total. The van der Waals surface area contributed by atoms with E-state index in [9.17, 15) is 96.4 Å². The second-order valence-corrected chi connectivity index (χ2v) is 20.8. The summed E-state index contributed by atoms with van der Waals surface area (Å²) in [6.07, 6.45) is -42.4. The number of aliphatic hydroxyl groups excluding tert-OH is 14. The molecule has 0 unspecified atom stereocenters. The number of phenols is 3. The van der Waals surface area contributed by atoms with Crippen LogP contribution >= 0.6 is 0 Å². The number of aromatic hydroxyl groups is 3. The van der Waals surface area contributed by atoms with Gasteiger partial charge >= 0.3 is 5.97 Å². The lowest BCUT2D eigenvalue weighted by Crippen LogP contribution is -2.65. The van der Waals surface area contributed by atoms with Gasteiger partial charge in [-0.05, 0) is 61.9 Å². The van der Waals surface area contributed by atoms with Crippen LogP contribution in [0.5, 0.6) is 28.7 Å². The van der Waals surface area contributed by atoms with E-state index in [-0.39, 0.29) is 22.8 Å². The number of carbonyl (C=O) groups excluding carboxylic acids is 1. The molecule has 468 valence electrons. The van der Waals surface area contributed by atoms with Gasteiger partial charge in [-0.25, -0.2) is 4.79 Å². The molecule has 5 fully saturated rings. The fourth-order valence-corrected chi connectivity index (χ4v) is 10.1. The Kier molecular flexibility index (Phi) is 20.0. The average molecular weight is 1210 g/mol. The summed E-state index contributed by atoms with van der Waals surface area (Å²) in [6.45, 7) is 0.210. The summed E-state index contributed by atoms with van der Waals surface area (Å²) in [5, 5.41) is 181. The quantitative estimate of drug-likeness (QED) is 0.0347. The third kappa shape index (κ3) is 13.4. The van der Waals surface area contributed by atoms with Crippen molar-refractivity contribution in [2.75, 3.05) is 19.8 Å². The summed E-state index contributed by atoms with van der Waals surface area (Å²) in [6, 6.07) is 12.6. The molecule has 5 aliphatic rings. The van der Waals surface area contributed by atoms with Crippen molar-refractivity contribution >= 4 is 23.0 Å². The summed E-state index contributed by atoms with van der Waals surface area (Å²) in [5.41, 5.74) is -1.09. The minimum Gasteiger partial charge on any atom is -0.508 e. The summed E-state index contributed by atoms with van der Waals surface area (Å²) in [4.78, 5) is 27.8. The zero-order valence-corrected chi connectivity index (χ0v) is 44.8. The van der Waals surface area contributed by atoms with Gasteiger partial charge in [0.25, 0.3) is 0 Å². The highest BCUT2D eigenvalue weighted by atomic mass is 16.8. The third-order valence-electron chi connectivity index (χ3n) is 15.0. The van der Waals surface area contributed by atoms with Crippen molar-refractivity contribution in [3.63, 3.8) is 0 Å². The molecule has 25 atom stereocenters. The molecule has 9 rings (SSSR count). The first kappa shape index (κ1) is 63.7. The minimum atomic E-state index is -2.17. The molecule has 31 nitrogen and oxygen atoms in total. The molecule has 4 aromatic rings. The van der Waals surface area contributed by atoms with E-state index in [0.29, 0.717) is 5.56 Å². The highest BCUT2D eigenvalue weighted by Crippen LogP contribution is 2.40. The lowest BCUT2D eigenvalue weighted by molar-refractivity contribution is -0.361. The van der Waals surface area contributed by atoms with Gasteiger partial charge in [-0.2, -0.15) is 0 Å². The van der Waals surface area contributed by atoms with Crippen molar-refractivity contribution in [3.8, 4) is 40.1 Å². The maximum absolute atomic E-state index is 14.6. The number of phenolic OH excluding ortho intramolecular Hbond substituents is 3. The van der Waals surface area contributed by atoms with E-state index < -0.39 is 213 Å². The first-order chi connectivity index (χ1) is 40.4. The fraction of sp³-hybridized carbons (Fsp3) is 0.556. The molecule has 0 spiro atoms. The molecule has 1 aromatic heterocycles. The summed E-state index contributed by atoms with van der Waals surface area (Å²) < 4.78 is 69.5. The number of ether oxygens (including phenoxy) is 11. The maximum atomic E-state index is 14.6. The predicted octanol–water partition coefficient (Wildman–Crippen LogP) is -5.27. The van der Waals surface area contributed by atoms with E-state index >= 15 is 0 Å². The van der Waals surface area contributed by atoms with E-state index in [1.807, 2.05) is 0 Å². The van der Waals surface area contributed by atoms with E-state index in [4.69, 9.17) is 56.5 Å². The van der Waals surface area contributed by atoms with Gasteiger partial charge < -0.3 is 143 Å². The SMILES string of the molecule is C[C@@H]1O[C@@H](Oc2cc(O)c3c(=O)c(O[C@@H]4O[C@H](CO[C@@H]5O[C@@H](C)[C@H](OC(=O)/C=C/c6ccc(O)cc6)[C@@H](O[C@@H]6O[C@H](CO)[C@@H](O)[C@H](O)[C@H]6O)[C@H]5O)[C@H](O)[C@H](O)[C@H]4O)c(-c4ccc(O)cc4)oc3c2)[C@H](O)[C@H](O[C@@H]2O[C@H](CO)[C@@H](O)[C@H](O)[C@H]2O)[C@H]1O. The van der Waals surface area contributed by atoms with Gasteiger partial charge in [-0.15, -0.1) is 0 Å². The van der Waals surface area contributed by atoms with Crippen LogP contribution in [0.3, 0.4) is 0 Å². The molecule has 0 amide bonds. The molecular weight excluding hydrogens is 1140 g/mol. The Labute approximate surface area is 479 Å². The zero-order valence-electron chi connectivity index (χ0n) is 44.8. The van der Waals surface area contributed by atoms with Crippen molar-refractivity contribution < 1.29 is 148 Å². The molecular formula is C54H66O31. The second-order valence-electron chi connectivity index (χ2n) is 20.8. The molecule has 0 saturated carbocycles. The Morgan fingerprint density at radius 2 is 1.04 bits per heavy atom. The smallest absolute Gasteiger partial charge is 0.331 e. The first-order valence-electron chi connectivity index (χ1n) is 26.6. The lowest BCUT2D eigenvalue weighted by atomic mass is 9.97. The number of esters is 1. The summed E-state index contributed by atoms with van der Waals surface area (Å²) in [7, 11) is 0. The Bertz CT molecular complexity index is 2980. The zero-order chi connectivity index (χ0) is 61.5. The predicted molar refractivity (Wildman–Crippen MR) is 276 cm³/mol. The Balaban J connectivity index is 0.947. The van der Waals surface area contributed by atoms with Crippen molar-refractivity contribution in [3.05, 3.63) is 82.5 Å². The highest BCUT2D eigenvalue weighted by molar-refractivity contribution is 5.88. The van der Waals surface area contributed by atoms with E-state index in [0.717, 1.165) is 18.2 Å². The number of carbonyl (C=O) groups is 1. The van der Waals surface area contributed by atoms with E-state index in [1.165, 1.54) is 68.5 Å². The van der Waals surface area contributed by atoms with Crippen LogP contribution in [0.2, 0.25) is 0 Å². The second kappa shape index (κ2) is 26.7. The molecule has 31 heteroatoms. The van der Waals surface area contributed by atoms with E-state index in [2.05, 4.69) is 0 Å². The fourth-order valence-electron chi connectivity index (χ4n) is 10.1. The maximum Gasteiger partial charge on any atom is 0.331 e. The van der Waals surface area contributed by atoms with Gasteiger partial charge in [0.15, 0.2) is 30.7 Å². The van der Waals surface area contributed by atoms with Crippen molar-refractivity contribution in [2.24, 2.45) is 0 Å². The minimum absolute atomic E-state index is 0.0146. The van der Waals surface area contributed by atoms with Gasteiger partial charge in [0.1, 0.15) is 138 Å². The van der Waals surface area contributed by atoms with Crippen LogP contribution in [-0.2, 0) is 47.4 Å². The van der Waals surface area contributed by atoms with Crippen LogP contribution in [-0.4, -0.2) is 266 Å². The number of rotatable bonds is 17. The average Bonchev–Trinajstić information content (AvgIpc) is 1.55. The normalized spacial score (nSPS) is 38.9. The van der Waals surface area contributed by atoms with Crippen LogP contribution in [0.25, 0.3) is 28.4 Å². The van der Waals surface area contributed by atoms with Crippen LogP contribution < -0.4 is 14.9 Å².